The van der Waals surface area contributed by atoms with E-state index >= 15 is 0 Å². The van der Waals surface area contributed by atoms with Crippen molar-refractivity contribution in [2.24, 2.45) is 5.73 Å². The Morgan fingerprint density at radius 2 is 1.42 bits per heavy atom. The Hall–Kier alpha value is -0.960. The van der Waals surface area contributed by atoms with Crippen molar-refractivity contribution in [3.05, 3.63) is 24.6 Å². The molecule has 0 spiro atoms. The van der Waals surface area contributed by atoms with E-state index < -0.39 is 0 Å². The average Bonchev–Trinajstić information content (AvgIpc) is 3.10. The largest absolute Gasteiger partial charge is 0.370 e. The van der Waals surface area contributed by atoms with E-state index in [1.807, 2.05) is 13.1 Å². The lowest BCUT2D eigenvalue weighted by Crippen LogP contribution is -2.44. The van der Waals surface area contributed by atoms with Gasteiger partial charge in [0.2, 0.25) is 0 Å². The molecule has 26 heavy (non-hydrogen) atoms. The molecule has 0 fully saturated rings. The molecule has 152 valence electrons. The Balaban J connectivity index is 1.80. The van der Waals surface area contributed by atoms with Crippen molar-refractivity contribution < 1.29 is 0 Å². The molecule has 0 saturated heterocycles. The predicted octanol–water partition coefficient (Wildman–Crippen LogP) is 6.42. The SMILES string of the molecule is CCCCCCC/C=C/CCCCCCCCCC1NC=CN1C(C)N. The Labute approximate surface area is 163 Å². The predicted molar refractivity (Wildman–Crippen MR) is 116 cm³/mol. The summed E-state index contributed by atoms with van der Waals surface area (Å²) in [6.45, 7) is 4.33. The molecule has 1 aliphatic heterocycles. The molecule has 0 aromatic rings. The highest BCUT2D eigenvalue weighted by molar-refractivity contribution is 4.95. The van der Waals surface area contributed by atoms with Gasteiger partial charge >= 0.3 is 0 Å². The summed E-state index contributed by atoms with van der Waals surface area (Å²) in [5.74, 6) is 0. The summed E-state index contributed by atoms with van der Waals surface area (Å²) in [6.07, 6.45) is 29.7. The van der Waals surface area contributed by atoms with Crippen molar-refractivity contribution in [2.45, 2.75) is 122 Å². The zero-order chi connectivity index (χ0) is 18.9. The van der Waals surface area contributed by atoms with Crippen LogP contribution in [0.4, 0.5) is 0 Å². The van der Waals surface area contributed by atoms with Gasteiger partial charge in [-0.2, -0.15) is 0 Å². The van der Waals surface area contributed by atoms with Crippen LogP contribution in [0.2, 0.25) is 0 Å². The molecule has 2 atom stereocenters. The third kappa shape index (κ3) is 11.6. The van der Waals surface area contributed by atoms with Gasteiger partial charge in [0.05, 0.1) is 12.3 Å². The maximum absolute atomic E-state index is 5.98. The van der Waals surface area contributed by atoms with Crippen LogP contribution in [-0.4, -0.2) is 17.2 Å². The summed E-state index contributed by atoms with van der Waals surface area (Å²) in [6, 6.07) is 0. The van der Waals surface area contributed by atoms with Crippen LogP contribution in [0.15, 0.2) is 24.6 Å². The molecule has 1 aliphatic rings. The first-order chi connectivity index (χ1) is 12.8. The van der Waals surface area contributed by atoms with Gasteiger partial charge in [-0.25, -0.2) is 0 Å². The minimum atomic E-state index is 0.0985. The van der Waals surface area contributed by atoms with Crippen LogP contribution in [0, 0.1) is 0 Å². The topological polar surface area (TPSA) is 41.3 Å². The fourth-order valence-electron chi connectivity index (χ4n) is 3.67. The van der Waals surface area contributed by atoms with Crippen molar-refractivity contribution >= 4 is 0 Å². The Bertz CT molecular complexity index is 362. The standard InChI is InChI=1S/C23H45N3/c1-3-4-5-6-7-8-9-10-11-12-13-14-15-16-17-18-19-23-25-20-21-26(23)22(2)24/h9-10,20-23,25H,3-8,11-19,24H2,1-2H3/b10-9+. The van der Waals surface area contributed by atoms with Gasteiger partial charge in [-0.15, -0.1) is 0 Å². The third-order valence-corrected chi connectivity index (χ3v) is 5.35. The summed E-state index contributed by atoms with van der Waals surface area (Å²) in [5, 5.41) is 3.40. The molecule has 3 nitrogen and oxygen atoms in total. The molecule has 0 bridgehead atoms. The van der Waals surface area contributed by atoms with Crippen molar-refractivity contribution in [3.63, 3.8) is 0 Å². The van der Waals surface area contributed by atoms with Gasteiger partial charge in [-0.05, 0) is 45.4 Å². The zero-order valence-corrected chi connectivity index (χ0v) is 17.6. The highest BCUT2D eigenvalue weighted by Crippen LogP contribution is 2.16. The number of hydrogen-bond donors (Lipinski definition) is 2. The highest BCUT2D eigenvalue weighted by atomic mass is 15.3. The summed E-state index contributed by atoms with van der Waals surface area (Å²) in [4.78, 5) is 2.22. The molecular formula is C23H45N3. The van der Waals surface area contributed by atoms with E-state index in [0.29, 0.717) is 6.17 Å². The Morgan fingerprint density at radius 3 is 2.00 bits per heavy atom. The van der Waals surface area contributed by atoms with Crippen LogP contribution in [0.5, 0.6) is 0 Å². The van der Waals surface area contributed by atoms with E-state index in [1.54, 1.807) is 0 Å². The van der Waals surface area contributed by atoms with Gasteiger partial charge in [0.1, 0.15) is 0 Å². The van der Waals surface area contributed by atoms with Gasteiger partial charge in [0, 0.05) is 12.4 Å². The van der Waals surface area contributed by atoms with E-state index in [9.17, 15) is 0 Å². The molecular weight excluding hydrogens is 318 g/mol. The van der Waals surface area contributed by atoms with E-state index in [4.69, 9.17) is 5.73 Å². The highest BCUT2D eigenvalue weighted by Gasteiger charge is 2.20. The maximum Gasteiger partial charge on any atom is 0.0995 e. The minimum Gasteiger partial charge on any atom is -0.370 e. The average molecular weight is 364 g/mol. The number of allylic oxidation sites excluding steroid dienone is 2. The van der Waals surface area contributed by atoms with Gasteiger partial charge < -0.3 is 16.0 Å². The Kier molecular flexibility index (Phi) is 14.4. The quantitative estimate of drug-likeness (QED) is 0.231. The first-order valence-corrected chi connectivity index (χ1v) is 11.4. The second kappa shape index (κ2) is 16.2. The second-order valence-corrected chi connectivity index (χ2v) is 7.91. The number of rotatable bonds is 17. The third-order valence-electron chi connectivity index (χ3n) is 5.35. The van der Waals surface area contributed by atoms with Crippen LogP contribution in [-0.2, 0) is 0 Å². The van der Waals surface area contributed by atoms with E-state index in [1.165, 1.54) is 96.3 Å². The van der Waals surface area contributed by atoms with Crippen LogP contribution in [0.25, 0.3) is 0 Å². The number of hydrogen-bond acceptors (Lipinski definition) is 3. The fourth-order valence-corrected chi connectivity index (χ4v) is 3.67. The molecule has 3 N–H and O–H groups in total. The first kappa shape index (κ1) is 23.1. The lowest BCUT2D eigenvalue weighted by Gasteiger charge is -2.28. The normalized spacial score (nSPS) is 18.0. The molecule has 0 aromatic carbocycles. The molecule has 1 heterocycles. The van der Waals surface area contributed by atoms with Crippen LogP contribution in [0.3, 0.4) is 0 Å². The van der Waals surface area contributed by atoms with Crippen molar-refractivity contribution in [1.29, 1.82) is 0 Å². The number of nitrogens with one attached hydrogen (secondary N) is 1. The van der Waals surface area contributed by atoms with Crippen molar-refractivity contribution in [1.82, 2.24) is 10.2 Å². The summed E-state index contributed by atoms with van der Waals surface area (Å²) >= 11 is 0. The molecule has 0 aromatic heterocycles. The van der Waals surface area contributed by atoms with E-state index in [2.05, 4.69) is 35.5 Å². The van der Waals surface area contributed by atoms with E-state index in [-0.39, 0.29) is 6.17 Å². The minimum absolute atomic E-state index is 0.0985. The molecule has 0 amide bonds. The molecule has 2 unspecified atom stereocenters. The summed E-state index contributed by atoms with van der Waals surface area (Å²) < 4.78 is 0. The molecule has 0 aliphatic carbocycles. The number of nitrogens with two attached hydrogens (primary N) is 1. The smallest absolute Gasteiger partial charge is 0.0995 e. The lowest BCUT2D eigenvalue weighted by atomic mass is 10.1. The monoisotopic (exact) mass is 363 g/mol. The van der Waals surface area contributed by atoms with Crippen LogP contribution < -0.4 is 11.1 Å². The van der Waals surface area contributed by atoms with Gasteiger partial charge in [-0.3, -0.25) is 0 Å². The summed E-state index contributed by atoms with van der Waals surface area (Å²) in [7, 11) is 0. The fraction of sp³-hybridized carbons (Fsp3) is 0.826. The van der Waals surface area contributed by atoms with Gasteiger partial charge in [0.15, 0.2) is 0 Å². The van der Waals surface area contributed by atoms with Crippen molar-refractivity contribution in [3.8, 4) is 0 Å². The molecule has 0 radical (unpaired) electrons. The molecule has 3 heteroatoms. The number of nitrogens with zero attached hydrogens (tertiary/aromatic N) is 1. The zero-order valence-electron chi connectivity index (χ0n) is 17.6. The molecule has 0 saturated carbocycles. The van der Waals surface area contributed by atoms with Gasteiger partial charge in [-0.1, -0.05) is 76.9 Å². The van der Waals surface area contributed by atoms with Crippen LogP contribution >= 0.6 is 0 Å². The van der Waals surface area contributed by atoms with E-state index in [0.717, 1.165) is 0 Å². The first-order valence-electron chi connectivity index (χ1n) is 11.4. The summed E-state index contributed by atoms with van der Waals surface area (Å²) in [5.41, 5.74) is 5.98. The van der Waals surface area contributed by atoms with Crippen LogP contribution in [0.1, 0.15) is 110 Å². The maximum atomic E-state index is 5.98. The number of unbranched alkanes of at least 4 members (excludes halogenated alkanes) is 12. The second-order valence-electron chi connectivity index (χ2n) is 7.91. The van der Waals surface area contributed by atoms with Crippen molar-refractivity contribution in [2.75, 3.05) is 0 Å². The lowest BCUT2D eigenvalue weighted by molar-refractivity contribution is 0.208. The molecule has 1 rings (SSSR count). The van der Waals surface area contributed by atoms with Gasteiger partial charge in [0.25, 0.3) is 0 Å². The Morgan fingerprint density at radius 1 is 0.885 bits per heavy atom.